The van der Waals surface area contributed by atoms with Crippen LogP contribution in [0.5, 0.6) is 0 Å². The SMILES string of the molecule is CN1CCC(CNc2ncc(Br)cc2C(F)(F)F)CC1. The van der Waals surface area contributed by atoms with Crippen LogP contribution < -0.4 is 5.32 Å². The van der Waals surface area contributed by atoms with Crippen molar-refractivity contribution < 1.29 is 13.2 Å². The van der Waals surface area contributed by atoms with E-state index in [2.05, 4.69) is 38.2 Å². The van der Waals surface area contributed by atoms with Gasteiger partial charge in [-0.2, -0.15) is 13.2 Å². The highest BCUT2D eigenvalue weighted by Crippen LogP contribution is 2.35. The molecule has 0 bridgehead atoms. The van der Waals surface area contributed by atoms with Crippen LogP contribution in [0.2, 0.25) is 0 Å². The molecule has 1 aliphatic rings. The zero-order valence-electron chi connectivity index (χ0n) is 11.2. The molecule has 7 heteroatoms. The maximum atomic E-state index is 12.9. The van der Waals surface area contributed by atoms with Crippen LogP contribution in [0.1, 0.15) is 18.4 Å². The molecule has 0 radical (unpaired) electrons. The van der Waals surface area contributed by atoms with Gasteiger partial charge in [0.15, 0.2) is 0 Å². The van der Waals surface area contributed by atoms with Crippen molar-refractivity contribution in [2.75, 3.05) is 32.0 Å². The lowest BCUT2D eigenvalue weighted by Crippen LogP contribution is -2.33. The summed E-state index contributed by atoms with van der Waals surface area (Å²) in [4.78, 5) is 6.09. The molecule has 1 saturated heterocycles. The van der Waals surface area contributed by atoms with Crippen LogP contribution >= 0.6 is 15.9 Å². The number of aromatic nitrogens is 1. The maximum absolute atomic E-state index is 12.9. The summed E-state index contributed by atoms with van der Waals surface area (Å²) >= 11 is 3.03. The van der Waals surface area contributed by atoms with Gasteiger partial charge in [-0.1, -0.05) is 0 Å². The molecule has 0 aromatic carbocycles. The molecular formula is C13H17BrF3N3. The van der Waals surface area contributed by atoms with Gasteiger partial charge in [0.25, 0.3) is 0 Å². The van der Waals surface area contributed by atoms with Crippen molar-refractivity contribution >= 4 is 21.7 Å². The lowest BCUT2D eigenvalue weighted by Gasteiger charge is -2.29. The lowest BCUT2D eigenvalue weighted by atomic mass is 9.97. The van der Waals surface area contributed by atoms with E-state index in [1.54, 1.807) is 0 Å². The summed E-state index contributed by atoms with van der Waals surface area (Å²) in [7, 11) is 2.06. The van der Waals surface area contributed by atoms with Gasteiger partial charge in [0, 0.05) is 17.2 Å². The molecule has 1 N–H and O–H groups in total. The molecule has 112 valence electrons. The van der Waals surface area contributed by atoms with E-state index < -0.39 is 11.7 Å². The molecule has 3 nitrogen and oxygen atoms in total. The molecule has 1 aromatic heterocycles. The standard InChI is InChI=1S/C13H17BrF3N3/c1-20-4-2-9(3-5-20)7-18-12-11(13(15,16)17)6-10(14)8-19-12/h6,8-9H,2-5,7H2,1H3,(H,18,19). The average molecular weight is 352 g/mol. The second-order valence-electron chi connectivity index (χ2n) is 5.18. The molecule has 2 rings (SSSR count). The van der Waals surface area contributed by atoms with Crippen molar-refractivity contribution in [3.63, 3.8) is 0 Å². The van der Waals surface area contributed by atoms with E-state index in [9.17, 15) is 13.2 Å². The zero-order chi connectivity index (χ0) is 14.8. The van der Waals surface area contributed by atoms with Gasteiger partial charge in [0.1, 0.15) is 5.82 Å². The van der Waals surface area contributed by atoms with Crippen LogP contribution in [-0.2, 0) is 6.18 Å². The van der Waals surface area contributed by atoms with Crippen molar-refractivity contribution in [1.82, 2.24) is 9.88 Å². The summed E-state index contributed by atoms with van der Waals surface area (Å²) in [5.74, 6) is 0.317. The summed E-state index contributed by atoms with van der Waals surface area (Å²) < 4.78 is 39.1. The Hall–Kier alpha value is -0.820. The second-order valence-corrected chi connectivity index (χ2v) is 6.09. The molecule has 0 saturated carbocycles. The third-order valence-electron chi connectivity index (χ3n) is 3.56. The van der Waals surface area contributed by atoms with E-state index in [4.69, 9.17) is 0 Å². The van der Waals surface area contributed by atoms with E-state index in [-0.39, 0.29) is 5.82 Å². The minimum atomic E-state index is -4.40. The molecule has 0 unspecified atom stereocenters. The molecule has 20 heavy (non-hydrogen) atoms. The first-order valence-electron chi connectivity index (χ1n) is 6.51. The Kier molecular flexibility index (Phi) is 4.90. The molecule has 1 fully saturated rings. The second kappa shape index (κ2) is 6.30. The van der Waals surface area contributed by atoms with Crippen LogP contribution in [0, 0.1) is 5.92 Å². The van der Waals surface area contributed by atoms with Crippen molar-refractivity contribution in [1.29, 1.82) is 0 Å². The predicted octanol–water partition coefficient (Wildman–Crippen LogP) is 3.62. The Balaban J connectivity index is 2.02. The largest absolute Gasteiger partial charge is 0.419 e. The van der Waals surface area contributed by atoms with E-state index in [1.165, 1.54) is 6.20 Å². The maximum Gasteiger partial charge on any atom is 0.419 e. The van der Waals surface area contributed by atoms with Crippen LogP contribution in [-0.4, -0.2) is 36.6 Å². The van der Waals surface area contributed by atoms with Crippen molar-refractivity contribution in [3.05, 3.63) is 22.3 Å². The number of anilines is 1. The fourth-order valence-corrected chi connectivity index (χ4v) is 2.63. The number of piperidine rings is 1. The first-order valence-corrected chi connectivity index (χ1v) is 7.30. The topological polar surface area (TPSA) is 28.2 Å². The van der Waals surface area contributed by atoms with Gasteiger partial charge in [-0.25, -0.2) is 4.98 Å². The first-order chi connectivity index (χ1) is 9.36. The smallest absolute Gasteiger partial charge is 0.369 e. The summed E-state index contributed by atoms with van der Waals surface area (Å²) in [5.41, 5.74) is -0.722. The Labute approximate surface area is 124 Å². The van der Waals surface area contributed by atoms with Crippen molar-refractivity contribution in [2.24, 2.45) is 5.92 Å². The highest BCUT2D eigenvalue weighted by atomic mass is 79.9. The third kappa shape index (κ3) is 4.09. The number of hydrogen-bond acceptors (Lipinski definition) is 3. The van der Waals surface area contributed by atoms with Crippen molar-refractivity contribution in [3.8, 4) is 0 Å². The zero-order valence-corrected chi connectivity index (χ0v) is 12.8. The van der Waals surface area contributed by atoms with Gasteiger partial charge >= 0.3 is 6.18 Å². The quantitative estimate of drug-likeness (QED) is 0.901. The van der Waals surface area contributed by atoms with Gasteiger partial charge in [0.05, 0.1) is 5.56 Å². The lowest BCUT2D eigenvalue weighted by molar-refractivity contribution is -0.137. The summed E-state index contributed by atoms with van der Waals surface area (Å²) in [6.07, 6.45) is -1.01. The Bertz CT molecular complexity index is 457. The van der Waals surface area contributed by atoms with E-state index in [0.717, 1.165) is 32.0 Å². The number of likely N-dealkylation sites (tertiary alicyclic amines) is 1. The highest BCUT2D eigenvalue weighted by Gasteiger charge is 2.34. The monoisotopic (exact) mass is 351 g/mol. The number of alkyl halides is 3. The summed E-state index contributed by atoms with van der Waals surface area (Å²) in [6.45, 7) is 2.52. The number of nitrogens with one attached hydrogen (secondary N) is 1. The van der Waals surface area contributed by atoms with Gasteiger partial charge in [0.2, 0.25) is 0 Å². The minimum Gasteiger partial charge on any atom is -0.369 e. The summed E-state index contributed by atoms with van der Waals surface area (Å²) in [6, 6.07) is 1.06. The van der Waals surface area contributed by atoms with Gasteiger partial charge < -0.3 is 10.2 Å². The van der Waals surface area contributed by atoms with Gasteiger partial charge in [-0.15, -0.1) is 0 Å². The van der Waals surface area contributed by atoms with E-state index in [0.29, 0.717) is 16.9 Å². The van der Waals surface area contributed by atoms with E-state index in [1.807, 2.05) is 0 Å². The van der Waals surface area contributed by atoms with Crippen LogP contribution in [0.15, 0.2) is 16.7 Å². The molecule has 0 aliphatic carbocycles. The van der Waals surface area contributed by atoms with E-state index >= 15 is 0 Å². The average Bonchev–Trinajstić information content (AvgIpc) is 2.38. The predicted molar refractivity (Wildman–Crippen MR) is 75.6 cm³/mol. The fraction of sp³-hybridized carbons (Fsp3) is 0.615. The van der Waals surface area contributed by atoms with Gasteiger partial charge in [-0.3, -0.25) is 0 Å². The Morgan fingerprint density at radius 2 is 2.05 bits per heavy atom. The first kappa shape index (κ1) is 15.6. The number of hydrogen-bond donors (Lipinski definition) is 1. The molecule has 1 aliphatic heterocycles. The molecule has 0 amide bonds. The number of rotatable bonds is 3. The number of halogens is 4. The van der Waals surface area contributed by atoms with Crippen LogP contribution in [0.3, 0.4) is 0 Å². The number of pyridine rings is 1. The van der Waals surface area contributed by atoms with Gasteiger partial charge in [-0.05, 0) is 60.9 Å². The normalized spacial score (nSPS) is 18.2. The molecule has 0 spiro atoms. The molecule has 1 aromatic rings. The molecule has 2 heterocycles. The fourth-order valence-electron chi connectivity index (χ4n) is 2.30. The van der Waals surface area contributed by atoms with Crippen LogP contribution in [0.4, 0.5) is 19.0 Å². The Morgan fingerprint density at radius 3 is 2.65 bits per heavy atom. The summed E-state index contributed by atoms with van der Waals surface area (Å²) in [5, 5.41) is 2.86. The van der Waals surface area contributed by atoms with Crippen LogP contribution in [0.25, 0.3) is 0 Å². The molecular weight excluding hydrogens is 335 g/mol. The molecule has 0 atom stereocenters. The number of nitrogens with zero attached hydrogens (tertiary/aromatic N) is 2. The Morgan fingerprint density at radius 1 is 1.40 bits per heavy atom. The minimum absolute atomic E-state index is 0.0837. The highest BCUT2D eigenvalue weighted by molar-refractivity contribution is 9.10. The van der Waals surface area contributed by atoms with Crippen molar-refractivity contribution in [2.45, 2.75) is 19.0 Å². The third-order valence-corrected chi connectivity index (χ3v) is 3.99.